The van der Waals surface area contributed by atoms with E-state index in [1.165, 1.54) is 19.1 Å². The van der Waals surface area contributed by atoms with E-state index in [9.17, 15) is 9.59 Å². The summed E-state index contributed by atoms with van der Waals surface area (Å²) in [7, 11) is 0. The number of amides is 1. The number of aliphatic carboxylic acids is 1. The Hall–Kier alpha value is -2.04. The van der Waals surface area contributed by atoms with Gasteiger partial charge in [0.2, 0.25) is 0 Å². The van der Waals surface area contributed by atoms with Crippen LogP contribution in [0.15, 0.2) is 22.8 Å². The third-order valence-electron chi connectivity index (χ3n) is 4.83. The van der Waals surface area contributed by atoms with E-state index in [1.807, 2.05) is 0 Å². The van der Waals surface area contributed by atoms with Crippen LogP contribution in [0.25, 0.3) is 0 Å². The fourth-order valence-corrected chi connectivity index (χ4v) is 3.67. The lowest BCUT2D eigenvalue weighted by atomic mass is 9.69. The molecule has 5 nitrogen and oxygen atoms in total. The van der Waals surface area contributed by atoms with E-state index >= 15 is 0 Å². The van der Waals surface area contributed by atoms with Crippen molar-refractivity contribution in [3.8, 4) is 0 Å². The molecule has 0 aromatic carbocycles. The molecule has 1 aromatic heterocycles. The van der Waals surface area contributed by atoms with Crippen molar-refractivity contribution in [3.63, 3.8) is 0 Å². The molecule has 0 spiro atoms. The molecular formula is C17H21NO4. The highest BCUT2D eigenvalue weighted by Crippen LogP contribution is 2.39. The van der Waals surface area contributed by atoms with Gasteiger partial charge in [-0.25, -0.2) is 0 Å². The highest BCUT2D eigenvalue weighted by molar-refractivity contribution is 5.97. The monoisotopic (exact) mass is 303 g/mol. The van der Waals surface area contributed by atoms with Gasteiger partial charge in [0, 0.05) is 12.1 Å². The highest BCUT2D eigenvalue weighted by Gasteiger charge is 2.32. The number of carboxylic acids is 1. The van der Waals surface area contributed by atoms with Crippen LogP contribution in [0.5, 0.6) is 0 Å². The maximum Gasteiger partial charge on any atom is 0.311 e. The van der Waals surface area contributed by atoms with Gasteiger partial charge in [-0.05, 0) is 43.9 Å². The molecule has 0 aliphatic heterocycles. The lowest BCUT2D eigenvalue weighted by Crippen LogP contribution is -2.37. The van der Waals surface area contributed by atoms with E-state index in [4.69, 9.17) is 9.52 Å². The minimum absolute atomic E-state index is 0.229. The summed E-state index contributed by atoms with van der Waals surface area (Å²) in [6.07, 6.45) is 9.36. The molecule has 5 heteroatoms. The SMILES string of the molecule is Cc1coc(CC(=O)O)c1C(=O)NCC1CC2C=CC1CC2. The molecule has 3 aliphatic carbocycles. The zero-order valence-corrected chi connectivity index (χ0v) is 12.7. The predicted octanol–water partition coefficient (Wildman–Crippen LogP) is 2.55. The van der Waals surface area contributed by atoms with Crippen molar-refractivity contribution >= 4 is 11.9 Å². The normalized spacial score (nSPS) is 26.1. The van der Waals surface area contributed by atoms with Crippen molar-refractivity contribution in [3.05, 3.63) is 35.3 Å². The number of fused-ring (bicyclic) bond motifs is 2. The van der Waals surface area contributed by atoms with Crippen LogP contribution in [0.1, 0.15) is 40.9 Å². The summed E-state index contributed by atoms with van der Waals surface area (Å²) in [5.41, 5.74) is 1.05. The first-order chi connectivity index (χ1) is 10.5. The Morgan fingerprint density at radius 1 is 1.36 bits per heavy atom. The Balaban J connectivity index is 1.64. The van der Waals surface area contributed by atoms with Crippen molar-refractivity contribution < 1.29 is 19.1 Å². The van der Waals surface area contributed by atoms with Gasteiger partial charge in [0.15, 0.2) is 0 Å². The van der Waals surface area contributed by atoms with Crippen molar-refractivity contribution in [2.75, 3.05) is 6.54 Å². The lowest BCUT2D eigenvalue weighted by molar-refractivity contribution is -0.136. The van der Waals surface area contributed by atoms with Crippen LogP contribution in [-0.4, -0.2) is 23.5 Å². The molecule has 3 atom stereocenters. The fourth-order valence-electron chi connectivity index (χ4n) is 3.67. The van der Waals surface area contributed by atoms with E-state index in [2.05, 4.69) is 17.5 Å². The number of hydrogen-bond donors (Lipinski definition) is 2. The molecule has 1 amide bonds. The minimum Gasteiger partial charge on any atom is -0.481 e. The molecule has 1 aromatic rings. The summed E-state index contributed by atoms with van der Waals surface area (Å²) in [4.78, 5) is 23.2. The second kappa shape index (κ2) is 5.99. The van der Waals surface area contributed by atoms with Gasteiger partial charge in [-0.1, -0.05) is 12.2 Å². The number of nitrogens with one attached hydrogen (secondary N) is 1. The quantitative estimate of drug-likeness (QED) is 0.819. The van der Waals surface area contributed by atoms with Crippen molar-refractivity contribution in [2.45, 2.75) is 32.6 Å². The topological polar surface area (TPSA) is 79.5 Å². The molecule has 1 fully saturated rings. The summed E-state index contributed by atoms with van der Waals surface area (Å²) in [6, 6.07) is 0. The van der Waals surface area contributed by atoms with Crippen LogP contribution < -0.4 is 5.32 Å². The molecule has 0 saturated heterocycles. The Labute approximate surface area is 129 Å². The van der Waals surface area contributed by atoms with E-state index < -0.39 is 5.97 Å². The second-order valence-electron chi connectivity index (χ2n) is 6.38. The Bertz CT molecular complexity index is 616. The Kier molecular flexibility index (Phi) is 4.05. The maximum atomic E-state index is 12.4. The first kappa shape index (κ1) is 14.9. The number of carbonyl (C=O) groups is 2. The van der Waals surface area contributed by atoms with Crippen LogP contribution in [0.3, 0.4) is 0 Å². The van der Waals surface area contributed by atoms with E-state index in [-0.39, 0.29) is 18.1 Å². The van der Waals surface area contributed by atoms with Crippen molar-refractivity contribution in [1.29, 1.82) is 0 Å². The molecule has 2 bridgehead atoms. The van der Waals surface area contributed by atoms with Crippen molar-refractivity contribution in [2.24, 2.45) is 17.8 Å². The number of furan rings is 1. The molecule has 4 rings (SSSR count). The number of rotatable bonds is 5. The first-order valence-electron chi connectivity index (χ1n) is 7.80. The average Bonchev–Trinajstić information content (AvgIpc) is 2.86. The van der Waals surface area contributed by atoms with Gasteiger partial charge in [0.05, 0.1) is 11.8 Å². The highest BCUT2D eigenvalue weighted by atomic mass is 16.4. The summed E-state index contributed by atoms with van der Waals surface area (Å²) in [5.74, 6) is 0.709. The summed E-state index contributed by atoms with van der Waals surface area (Å²) in [6.45, 7) is 2.40. The van der Waals surface area contributed by atoms with Crippen LogP contribution in [-0.2, 0) is 11.2 Å². The Morgan fingerprint density at radius 2 is 2.18 bits per heavy atom. The third kappa shape index (κ3) is 2.93. The van der Waals surface area contributed by atoms with E-state index in [0.717, 1.165) is 6.42 Å². The second-order valence-corrected chi connectivity index (χ2v) is 6.38. The fraction of sp³-hybridized carbons (Fsp3) is 0.529. The number of allylic oxidation sites excluding steroid dienone is 2. The van der Waals surface area contributed by atoms with Crippen molar-refractivity contribution in [1.82, 2.24) is 5.32 Å². The van der Waals surface area contributed by atoms with Crippen LogP contribution in [0, 0.1) is 24.7 Å². The van der Waals surface area contributed by atoms with Crippen LogP contribution >= 0.6 is 0 Å². The zero-order valence-electron chi connectivity index (χ0n) is 12.7. The standard InChI is InChI=1S/C17H21NO4/c1-10-9-22-14(7-15(19)20)16(10)17(21)18-8-13-6-11-2-4-12(13)5-3-11/h2,4,9,11-13H,3,5-8H2,1H3,(H,18,21)(H,19,20). The predicted molar refractivity (Wildman–Crippen MR) is 80.6 cm³/mol. The maximum absolute atomic E-state index is 12.4. The van der Waals surface area contributed by atoms with Crippen LogP contribution in [0.4, 0.5) is 0 Å². The average molecular weight is 303 g/mol. The first-order valence-corrected chi connectivity index (χ1v) is 7.80. The molecular weight excluding hydrogens is 282 g/mol. The number of aryl methyl sites for hydroxylation is 1. The van der Waals surface area contributed by atoms with Gasteiger partial charge in [0.25, 0.3) is 5.91 Å². The molecule has 118 valence electrons. The van der Waals surface area contributed by atoms with Gasteiger partial charge < -0.3 is 14.8 Å². The van der Waals surface area contributed by atoms with Gasteiger partial charge in [0.1, 0.15) is 12.2 Å². The minimum atomic E-state index is -1.00. The third-order valence-corrected chi connectivity index (χ3v) is 4.83. The smallest absolute Gasteiger partial charge is 0.311 e. The zero-order chi connectivity index (χ0) is 15.7. The van der Waals surface area contributed by atoms with E-state index in [1.54, 1.807) is 6.92 Å². The summed E-state index contributed by atoms with van der Waals surface area (Å²) < 4.78 is 5.22. The molecule has 1 heterocycles. The van der Waals surface area contributed by atoms with Gasteiger partial charge >= 0.3 is 5.97 Å². The van der Waals surface area contributed by atoms with Crippen LogP contribution in [0.2, 0.25) is 0 Å². The molecule has 3 unspecified atom stereocenters. The molecule has 0 radical (unpaired) electrons. The molecule has 1 saturated carbocycles. The number of carbonyl (C=O) groups excluding carboxylic acids is 1. The summed E-state index contributed by atoms with van der Waals surface area (Å²) in [5, 5.41) is 11.9. The number of hydrogen-bond acceptors (Lipinski definition) is 3. The number of carboxylic acid groups (broad SMARTS) is 1. The molecule has 22 heavy (non-hydrogen) atoms. The van der Waals surface area contributed by atoms with Gasteiger partial charge in [-0.2, -0.15) is 0 Å². The largest absolute Gasteiger partial charge is 0.481 e. The van der Waals surface area contributed by atoms with Gasteiger partial charge in [-0.15, -0.1) is 0 Å². The Morgan fingerprint density at radius 3 is 2.77 bits per heavy atom. The molecule has 3 aliphatic rings. The molecule has 2 N–H and O–H groups in total. The van der Waals surface area contributed by atoms with Gasteiger partial charge in [-0.3, -0.25) is 9.59 Å². The lowest BCUT2D eigenvalue weighted by Gasteiger charge is -2.38. The van der Waals surface area contributed by atoms with E-state index in [0.29, 0.717) is 35.4 Å². The summed E-state index contributed by atoms with van der Waals surface area (Å²) >= 11 is 0.